The molecule has 2 heterocycles. The van der Waals surface area contributed by atoms with Crippen LogP contribution < -0.4 is 5.32 Å². The molecular formula is C23H24ClN3O2S. The molecule has 5 rings (SSSR count). The number of anilines is 1. The number of nitrogens with zero attached hydrogens (tertiary/aromatic N) is 2. The molecule has 2 aromatic carbocycles. The van der Waals surface area contributed by atoms with Gasteiger partial charge in [0.15, 0.2) is 0 Å². The Morgan fingerprint density at radius 1 is 1.30 bits per heavy atom. The van der Waals surface area contributed by atoms with Crippen LogP contribution in [0.5, 0.6) is 5.75 Å². The smallest absolute Gasteiger partial charge is 0.228 e. The number of nitrogens with one attached hydrogen (secondary N) is 1. The van der Waals surface area contributed by atoms with Gasteiger partial charge in [0.25, 0.3) is 0 Å². The number of hydrogen-bond donors (Lipinski definition) is 2. The molecule has 1 saturated carbocycles. The van der Waals surface area contributed by atoms with E-state index in [0.717, 1.165) is 58.8 Å². The van der Waals surface area contributed by atoms with Crippen molar-refractivity contribution in [3.63, 3.8) is 0 Å². The summed E-state index contributed by atoms with van der Waals surface area (Å²) in [5, 5.41) is 14.8. The monoisotopic (exact) mass is 441 g/mol. The van der Waals surface area contributed by atoms with Gasteiger partial charge in [0, 0.05) is 28.7 Å². The zero-order chi connectivity index (χ0) is 20.9. The van der Waals surface area contributed by atoms with Gasteiger partial charge < -0.3 is 10.4 Å². The molecule has 0 bridgehead atoms. The van der Waals surface area contributed by atoms with Crippen molar-refractivity contribution in [1.82, 2.24) is 9.88 Å². The van der Waals surface area contributed by atoms with Gasteiger partial charge in [-0.3, -0.25) is 9.69 Å². The minimum Gasteiger partial charge on any atom is -0.508 e. The van der Waals surface area contributed by atoms with Crippen molar-refractivity contribution in [2.24, 2.45) is 11.3 Å². The summed E-state index contributed by atoms with van der Waals surface area (Å²) in [5.41, 5.74) is 2.77. The first-order chi connectivity index (χ1) is 14.4. The van der Waals surface area contributed by atoms with E-state index in [-0.39, 0.29) is 23.0 Å². The average Bonchev–Trinajstić information content (AvgIpc) is 3.29. The molecule has 1 atom stereocenters. The Bertz CT molecular complexity index is 1120. The minimum absolute atomic E-state index is 0.0899. The number of fused-ring (bicyclic) bond motifs is 1. The number of halogens is 1. The molecule has 0 radical (unpaired) electrons. The number of aromatic hydroxyl groups is 1. The van der Waals surface area contributed by atoms with Gasteiger partial charge in [0.2, 0.25) is 5.91 Å². The quantitative estimate of drug-likeness (QED) is 0.583. The molecule has 2 fully saturated rings. The Kier molecular flexibility index (Phi) is 4.96. The van der Waals surface area contributed by atoms with Crippen LogP contribution in [0, 0.1) is 18.3 Å². The molecule has 1 spiro atoms. The van der Waals surface area contributed by atoms with Crippen LogP contribution in [0.25, 0.3) is 10.2 Å². The number of aromatic nitrogens is 1. The highest BCUT2D eigenvalue weighted by atomic mass is 35.5. The fraction of sp³-hybridized carbons (Fsp3) is 0.391. The fourth-order valence-electron chi connectivity index (χ4n) is 4.70. The van der Waals surface area contributed by atoms with Gasteiger partial charge in [-0.2, -0.15) is 0 Å². The summed E-state index contributed by atoms with van der Waals surface area (Å²) in [5.74, 6) is 0.505. The predicted octanol–water partition coefficient (Wildman–Crippen LogP) is 5.20. The third-order valence-corrected chi connectivity index (χ3v) is 7.74. The second-order valence-electron chi connectivity index (χ2n) is 8.57. The first-order valence-electron chi connectivity index (χ1n) is 10.3. The van der Waals surface area contributed by atoms with Crippen LogP contribution in [0.3, 0.4) is 0 Å². The lowest BCUT2D eigenvalue weighted by Gasteiger charge is -2.33. The SMILES string of the molecule is Cc1nc2cc(NC(=O)[C@H]3CC34CCN(Cc3cc(Cl)ccc3O)CC4)ccc2s1. The van der Waals surface area contributed by atoms with E-state index < -0.39 is 0 Å². The average molecular weight is 442 g/mol. The molecule has 1 amide bonds. The van der Waals surface area contributed by atoms with Crippen molar-refractivity contribution in [2.45, 2.75) is 32.7 Å². The van der Waals surface area contributed by atoms with Gasteiger partial charge in [-0.25, -0.2) is 4.98 Å². The van der Waals surface area contributed by atoms with Crippen molar-refractivity contribution in [2.75, 3.05) is 18.4 Å². The van der Waals surface area contributed by atoms with Crippen LogP contribution in [0.2, 0.25) is 5.02 Å². The Morgan fingerprint density at radius 3 is 2.90 bits per heavy atom. The van der Waals surface area contributed by atoms with E-state index in [1.165, 1.54) is 0 Å². The van der Waals surface area contributed by atoms with Gasteiger partial charge in [-0.1, -0.05) is 11.6 Å². The lowest BCUT2D eigenvalue weighted by Crippen LogP contribution is -2.35. The molecule has 1 aliphatic carbocycles. The summed E-state index contributed by atoms with van der Waals surface area (Å²) >= 11 is 7.73. The van der Waals surface area contributed by atoms with Crippen molar-refractivity contribution >= 4 is 44.7 Å². The van der Waals surface area contributed by atoms with Crippen LogP contribution >= 0.6 is 22.9 Å². The zero-order valence-corrected chi connectivity index (χ0v) is 18.4. The molecule has 1 aromatic heterocycles. The lowest BCUT2D eigenvalue weighted by atomic mass is 9.90. The number of piperidine rings is 1. The summed E-state index contributed by atoms with van der Waals surface area (Å²) in [6.07, 6.45) is 2.99. The molecule has 5 nitrogen and oxygen atoms in total. The lowest BCUT2D eigenvalue weighted by molar-refractivity contribution is -0.118. The van der Waals surface area contributed by atoms with Gasteiger partial charge in [0.05, 0.1) is 15.2 Å². The van der Waals surface area contributed by atoms with Gasteiger partial charge in [0.1, 0.15) is 5.75 Å². The number of hydrogen-bond acceptors (Lipinski definition) is 5. The third-order valence-electron chi connectivity index (χ3n) is 6.56. The highest BCUT2D eigenvalue weighted by Gasteiger charge is 2.58. The van der Waals surface area contributed by atoms with Crippen LogP contribution in [0.15, 0.2) is 36.4 Å². The van der Waals surface area contributed by atoms with Gasteiger partial charge in [-0.05, 0) is 81.1 Å². The minimum atomic E-state index is 0.0899. The largest absolute Gasteiger partial charge is 0.508 e. The van der Waals surface area contributed by atoms with Crippen molar-refractivity contribution in [3.8, 4) is 5.75 Å². The number of aryl methyl sites for hydroxylation is 1. The van der Waals surface area contributed by atoms with E-state index in [9.17, 15) is 9.90 Å². The maximum absolute atomic E-state index is 12.9. The van der Waals surface area contributed by atoms with E-state index >= 15 is 0 Å². The van der Waals surface area contributed by atoms with Gasteiger partial charge in [-0.15, -0.1) is 11.3 Å². The van der Waals surface area contributed by atoms with E-state index in [4.69, 9.17) is 11.6 Å². The molecule has 3 aromatic rings. The maximum atomic E-state index is 12.9. The Labute approximate surface area is 184 Å². The zero-order valence-electron chi connectivity index (χ0n) is 16.8. The van der Waals surface area contributed by atoms with Crippen molar-refractivity contribution in [3.05, 3.63) is 52.0 Å². The number of phenols is 1. The topological polar surface area (TPSA) is 65.5 Å². The van der Waals surface area contributed by atoms with Crippen LogP contribution in [-0.2, 0) is 11.3 Å². The Balaban J connectivity index is 1.18. The number of phenolic OH excluding ortho intramolecular Hbond substituents is 1. The molecule has 2 aliphatic rings. The van der Waals surface area contributed by atoms with E-state index in [2.05, 4.69) is 15.2 Å². The first kappa shape index (κ1) is 19.8. The van der Waals surface area contributed by atoms with Crippen molar-refractivity contribution < 1.29 is 9.90 Å². The number of rotatable bonds is 4. The molecule has 1 aliphatic heterocycles. The molecule has 1 saturated heterocycles. The van der Waals surface area contributed by atoms with E-state index in [0.29, 0.717) is 11.6 Å². The summed E-state index contributed by atoms with van der Waals surface area (Å²) in [6.45, 7) is 4.54. The third kappa shape index (κ3) is 3.80. The number of carbonyl (C=O) groups excluding carboxylic acids is 1. The number of benzene rings is 2. The van der Waals surface area contributed by atoms with Crippen LogP contribution in [0.1, 0.15) is 29.8 Å². The number of thiazole rings is 1. The number of likely N-dealkylation sites (tertiary alicyclic amines) is 1. The standard InChI is InChI=1S/C23H24ClN3O2S/c1-14-25-19-11-17(3-5-21(19)30-14)26-22(29)18-12-23(18)6-8-27(9-7-23)13-15-10-16(24)2-4-20(15)28/h2-5,10-11,18,28H,6-9,12-13H2,1H3,(H,26,29)/t18-/m1/s1. The van der Waals surface area contributed by atoms with Crippen LogP contribution in [-0.4, -0.2) is 34.0 Å². The van der Waals surface area contributed by atoms with E-state index in [1.807, 2.05) is 31.2 Å². The molecular weight excluding hydrogens is 418 g/mol. The van der Waals surface area contributed by atoms with Crippen LogP contribution in [0.4, 0.5) is 5.69 Å². The second-order valence-corrected chi connectivity index (χ2v) is 10.2. The molecule has 156 valence electrons. The summed E-state index contributed by atoms with van der Waals surface area (Å²) in [6, 6.07) is 11.1. The molecule has 30 heavy (non-hydrogen) atoms. The summed E-state index contributed by atoms with van der Waals surface area (Å²) < 4.78 is 1.14. The predicted molar refractivity (Wildman–Crippen MR) is 121 cm³/mol. The normalized spacial score (nSPS) is 20.5. The fourth-order valence-corrected chi connectivity index (χ4v) is 5.70. The highest BCUT2D eigenvalue weighted by Crippen LogP contribution is 2.59. The van der Waals surface area contributed by atoms with E-state index in [1.54, 1.807) is 23.5 Å². The number of amides is 1. The first-order valence-corrected chi connectivity index (χ1v) is 11.5. The van der Waals surface area contributed by atoms with Gasteiger partial charge >= 0.3 is 0 Å². The highest BCUT2D eigenvalue weighted by molar-refractivity contribution is 7.18. The molecule has 0 unspecified atom stereocenters. The summed E-state index contributed by atoms with van der Waals surface area (Å²) in [7, 11) is 0. The maximum Gasteiger partial charge on any atom is 0.228 e. The Hall–Kier alpha value is -2.15. The van der Waals surface area contributed by atoms with Crippen molar-refractivity contribution in [1.29, 1.82) is 0 Å². The molecule has 7 heteroatoms. The summed E-state index contributed by atoms with van der Waals surface area (Å²) in [4.78, 5) is 19.7. The number of carbonyl (C=O) groups is 1. The Morgan fingerprint density at radius 2 is 2.10 bits per heavy atom. The molecule has 2 N–H and O–H groups in total. The second kappa shape index (κ2) is 7.52.